The number of fused-ring (bicyclic) bond motifs is 11. The minimum atomic E-state index is 0.826. The molecular formula is C52H32N2O2. The quantitative estimate of drug-likeness (QED) is 0.178. The number of para-hydroxylation sites is 2. The van der Waals surface area contributed by atoms with Gasteiger partial charge in [0.2, 0.25) is 0 Å². The highest BCUT2D eigenvalue weighted by molar-refractivity contribution is 6.20. The second-order valence-electron chi connectivity index (χ2n) is 14.5. The van der Waals surface area contributed by atoms with Gasteiger partial charge >= 0.3 is 0 Å². The molecule has 12 aromatic rings. The van der Waals surface area contributed by atoms with E-state index in [-0.39, 0.29) is 0 Å². The van der Waals surface area contributed by atoms with E-state index in [9.17, 15) is 0 Å². The summed E-state index contributed by atoms with van der Waals surface area (Å²) in [4.78, 5) is 2.34. The van der Waals surface area contributed by atoms with E-state index in [0.29, 0.717) is 0 Å². The number of hydrogen-bond acceptors (Lipinski definition) is 3. The molecule has 0 saturated heterocycles. The zero-order valence-electron chi connectivity index (χ0n) is 30.2. The van der Waals surface area contributed by atoms with Crippen molar-refractivity contribution >= 4 is 93.5 Å². The van der Waals surface area contributed by atoms with Crippen LogP contribution in [0.1, 0.15) is 0 Å². The molecule has 0 aliphatic rings. The summed E-state index contributed by atoms with van der Waals surface area (Å²) in [7, 11) is 0. The van der Waals surface area contributed by atoms with Crippen molar-refractivity contribution in [2.24, 2.45) is 0 Å². The molecule has 0 bridgehead atoms. The Morgan fingerprint density at radius 2 is 1.00 bits per heavy atom. The maximum atomic E-state index is 6.79. The summed E-state index contributed by atoms with van der Waals surface area (Å²) in [5, 5.41) is 9.04. The number of hydrogen-bond donors (Lipinski definition) is 0. The van der Waals surface area contributed by atoms with Crippen LogP contribution >= 0.6 is 0 Å². The number of anilines is 3. The molecule has 3 aromatic heterocycles. The van der Waals surface area contributed by atoms with Crippen molar-refractivity contribution in [3.63, 3.8) is 0 Å². The van der Waals surface area contributed by atoms with Crippen molar-refractivity contribution in [2.75, 3.05) is 4.90 Å². The first kappa shape index (κ1) is 30.9. The molecule has 0 atom stereocenters. The third kappa shape index (κ3) is 4.53. The predicted octanol–water partition coefficient (Wildman–Crippen LogP) is 14.9. The van der Waals surface area contributed by atoms with Gasteiger partial charge in [-0.25, -0.2) is 0 Å². The van der Waals surface area contributed by atoms with Crippen molar-refractivity contribution in [2.45, 2.75) is 0 Å². The average Bonchev–Trinajstić information content (AvgIpc) is 3.94. The standard InChI is InChI=1S/C52H32N2O2/c1-2-12-33(13-3-1)34-24-27-36(28-25-34)53(45-20-10-23-48-51(45)42-30-26-35-14-4-5-15-38(35)52(42)56-48)37-29-31-41-49(32-37)55-47-22-11-21-46(50(41)47)54-43-18-8-6-16-39(43)40-17-7-9-19-44(40)54/h1-32H. The Morgan fingerprint density at radius 1 is 0.375 bits per heavy atom. The largest absolute Gasteiger partial charge is 0.456 e. The Labute approximate surface area is 321 Å². The van der Waals surface area contributed by atoms with Crippen LogP contribution in [0.15, 0.2) is 203 Å². The van der Waals surface area contributed by atoms with E-state index >= 15 is 0 Å². The van der Waals surface area contributed by atoms with Crippen LogP contribution in [0.4, 0.5) is 17.1 Å². The van der Waals surface area contributed by atoms with Crippen LogP contribution in [0.25, 0.3) is 93.3 Å². The van der Waals surface area contributed by atoms with Gasteiger partial charge in [0.15, 0.2) is 0 Å². The lowest BCUT2D eigenvalue weighted by Gasteiger charge is -2.26. The van der Waals surface area contributed by atoms with Crippen LogP contribution in [0, 0.1) is 0 Å². The van der Waals surface area contributed by atoms with Crippen LogP contribution in [0.2, 0.25) is 0 Å². The molecule has 0 amide bonds. The van der Waals surface area contributed by atoms with Crippen LogP contribution in [-0.4, -0.2) is 4.57 Å². The lowest BCUT2D eigenvalue weighted by atomic mass is 10.0. The summed E-state index contributed by atoms with van der Waals surface area (Å²) in [5.41, 5.74) is 12.3. The van der Waals surface area contributed by atoms with Gasteiger partial charge in [-0.2, -0.15) is 0 Å². The molecular weight excluding hydrogens is 685 g/mol. The second-order valence-corrected chi connectivity index (χ2v) is 14.5. The van der Waals surface area contributed by atoms with Gasteiger partial charge in [0.25, 0.3) is 0 Å². The van der Waals surface area contributed by atoms with Crippen LogP contribution < -0.4 is 4.90 Å². The third-order valence-corrected chi connectivity index (χ3v) is 11.4. The second kappa shape index (κ2) is 12.0. The van der Waals surface area contributed by atoms with Gasteiger partial charge in [0.05, 0.1) is 33.2 Å². The van der Waals surface area contributed by atoms with E-state index in [2.05, 4.69) is 204 Å². The predicted molar refractivity (Wildman–Crippen MR) is 233 cm³/mol. The van der Waals surface area contributed by atoms with Gasteiger partial charge in [0, 0.05) is 44.4 Å². The lowest BCUT2D eigenvalue weighted by Crippen LogP contribution is -2.10. The summed E-state index contributed by atoms with van der Waals surface area (Å²) >= 11 is 0. The molecule has 12 rings (SSSR count). The summed E-state index contributed by atoms with van der Waals surface area (Å²) in [6.45, 7) is 0. The first-order valence-electron chi connectivity index (χ1n) is 19.0. The molecule has 3 heterocycles. The molecule has 0 spiro atoms. The van der Waals surface area contributed by atoms with Gasteiger partial charge < -0.3 is 18.3 Å². The fraction of sp³-hybridized carbons (Fsp3) is 0. The Balaban J connectivity index is 1.09. The molecule has 0 saturated carbocycles. The van der Waals surface area contributed by atoms with Crippen molar-refractivity contribution in [3.05, 3.63) is 194 Å². The van der Waals surface area contributed by atoms with E-state index in [1.807, 2.05) is 0 Å². The molecule has 4 nitrogen and oxygen atoms in total. The van der Waals surface area contributed by atoms with Gasteiger partial charge in [-0.05, 0) is 83.2 Å². The summed E-state index contributed by atoms with van der Waals surface area (Å²) in [6.07, 6.45) is 0. The molecule has 0 unspecified atom stereocenters. The number of nitrogens with zero attached hydrogens (tertiary/aromatic N) is 2. The van der Waals surface area contributed by atoms with E-state index in [0.717, 1.165) is 83.0 Å². The molecule has 9 aromatic carbocycles. The highest BCUT2D eigenvalue weighted by atomic mass is 16.3. The Bertz CT molecular complexity index is 3430. The topological polar surface area (TPSA) is 34.5 Å². The Kier molecular flexibility index (Phi) is 6.60. The molecule has 0 fully saturated rings. The Hall–Kier alpha value is -7.56. The van der Waals surface area contributed by atoms with Crippen LogP contribution in [0.3, 0.4) is 0 Å². The van der Waals surface area contributed by atoms with Crippen LogP contribution in [-0.2, 0) is 0 Å². The van der Waals surface area contributed by atoms with Crippen molar-refractivity contribution in [1.29, 1.82) is 0 Å². The van der Waals surface area contributed by atoms with Crippen molar-refractivity contribution < 1.29 is 8.83 Å². The zero-order chi connectivity index (χ0) is 36.7. The van der Waals surface area contributed by atoms with Crippen LogP contribution in [0.5, 0.6) is 0 Å². The number of aromatic nitrogens is 1. The first-order valence-corrected chi connectivity index (χ1v) is 19.0. The normalized spacial score (nSPS) is 11.9. The third-order valence-electron chi connectivity index (χ3n) is 11.4. The summed E-state index contributed by atoms with van der Waals surface area (Å²) in [6, 6.07) is 68.8. The minimum Gasteiger partial charge on any atom is -0.456 e. The highest BCUT2D eigenvalue weighted by Crippen LogP contribution is 2.46. The molecule has 56 heavy (non-hydrogen) atoms. The number of rotatable bonds is 5. The molecule has 4 heteroatoms. The molecule has 262 valence electrons. The molecule has 0 radical (unpaired) electrons. The van der Waals surface area contributed by atoms with E-state index in [1.54, 1.807) is 0 Å². The van der Waals surface area contributed by atoms with E-state index < -0.39 is 0 Å². The van der Waals surface area contributed by atoms with Crippen molar-refractivity contribution in [1.82, 2.24) is 4.57 Å². The smallest absolute Gasteiger partial charge is 0.143 e. The fourth-order valence-corrected chi connectivity index (χ4v) is 8.89. The number of furan rings is 2. The number of benzene rings is 9. The van der Waals surface area contributed by atoms with Gasteiger partial charge in [-0.15, -0.1) is 0 Å². The molecule has 0 aliphatic carbocycles. The fourth-order valence-electron chi connectivity index (χ4n) is 8.89. The maximum absolute atomic E-state index is 6.79. The summed E-state index contributed by atoms with van der Waals surface area (Å²) in [5.74, 6) is 0. The van der Waals surface area contributed by atoms with E-state index in [1.165, 1.54) is 27.4 Å². The summed E-state index contributed by atoms with van der Waals surface area (Å²) < 4.78 is 15.8. The Morgan fingerprint density at radius 3 is 1.79 bits per heavy atom. The molecule has 0 N–H and O–H groups in total. The van der Waals surface area contributed by atoms with E-state index in [4.69, 9.17) is 8.83 Å². The SMILES string of the molecule is c1ccc(-c2ccc(N(c3ccc4c(c3)oc3cccc(-n5c6ccccc6c6ccccc65)c34)c3cccc4oc5c6ccccc6ccc5c34)cc2)cc1. The van der Waals surface area contributed by atoms with Gasteiger partial charge in [-0.3, -0.25) is 0 Å². The maximum Gasteiger partial charge on any atom is 0.143 e. The van der Waals surface area contributed by atoms with Gasteiger partial charge in [-0.1, -0.05) is 121 Å². The minimum absolute atomic E-state index is 0.826. The highest BCUT2D eigenvalue weighted by Gasteiger charge is 2.23. The average molecular weight is 717 g/mol. The van der Waals surface area contributed by atoms with Crippen molar-refractivity contribution in [3.8, 4) is 16.8 Å². The lowest BCUT2D eigenvalue weighted by molar-refractivity contribution is 0.669. The zero-order valence-corrected chi connectivity index (χ0v) is 30.2. The first-order chi connectivity index (χ1) is 27.8. The van der Waals surface area contributed by atoms with Gasteiger partial charge in [0.1, 0.15) is 22.3 Å². The molecule has 0 aliphatic heterocycles. The monoisotopic (exact) mass is 716 g/mol.